The minimum atomic E-state index is -1.24. The summed E-state index contributed by atoms with van der Waals surface area (Å²) in [5.41, 5.74) is 0.796. The molecule has 56 valence electrons. The molecule has 0 saturated heterocycles. The summed E-state index contributed by atoms with van der Waals surface area (Å²) in [6, 6.07) is 0. The number of hydrogen-bond donors (Lipinski definition) is 1. The molecule has 0 fully saturated rings. The number of aliphatic hydroxyl groups excluding tert-OH is 1. The summed E-state index contributed by atoms with van der Waals surface area (Å²) in [6.45, 7) is 0.00319. The molecule has 0 saturated carbocycles. The Morgan fingerprint density at radius 1 is 1.80 bits per heavy atom. The van der Waals surface area contributed by atoms with Crippen molar-refractivity contribution in [3.8, 4) is 0 Å². The second-order valence-electron chi connectivity index (χ2n) is 2.24. The topological polar surface area (TPSA) is 20.2 Å². The first-order valence-corrected chi connectivity index (χ1v) is 4.09. The second-order valence-corrected chi connectivity index (χ2v) is 4.03. The van der Waals surface area contributed by atoms with Crippen LogP contribution in [0.3, 0.4) is 0 Å². The standard InChI is InChI=1S/C7H8FIO/c8-7(9)3-1-6(5-10)2-4-7/h1-3,10H,4-5H2. The minimum absolute atomic E-state index is 0.00319. The molecule has 1 unspecified atom stereocenters. The summed E-state index contributed by atoms with van der Waals surface area (Å²) in [5, 5.41) is 8.62. The molecule has 1 nitrogen and oxygen atoms in total. The van der Waals surface area contributed by atoms with Crippen LogP contribution in [0.2, 0.25) is 0 Å². The quantitative estimate of drug-likeness (QED) is 0.560. The van der Waals surface area contributed by atoms with Gasteiger partial charge in [-0.05, 0) is 34.2 Å². The highest BCUT2D eigenvalue weighted by molar-refractivity contribution is 14.1. The maximum absolute atomic E-state index is 13.0. The summed E-state index contributed by atoms with van der Waals surface area (Å²) < 4.78 is 11.7. The van der Waals surface area contributed by atoms with E-state index in [9.17, 15) is 4.39 Å². The maximum Gasteiger partial charge on any atom is 0.183 e. The third kappa shape index (κ3) is 2.05. The van der Waals surface area contributed by atoms with Crippen LogP contribution in [0.4, 0.5) is 4.39 Å². The molecule has 1 N–H and O–H groups in total. The summed E-state index contributed by atoms with van der Waals surface area (Å²) in [6.07, 6.45) is 5.17. The van der Waals surface area contributed by atoms with Gasteiger partial charge in [-0.3, -0.25) is 0 Å². The lowest BCUT2D eigenvalue weighted by Crippen LogP contribution is -2.11. The fourth-order valence-corrected chi connectivity index (χ4v) is 1.15. The average Bonchev–Trinajstić information content (AvgIpc) is 1.88. The lowest BCUT2D eigenvalue weighted by Gasteiger charge is -2.15. The van der Waals surface area contributed by atoms with E-state index in [0.29, 0.717) is 6.42 Å². The van der Waals surface area contributed by atoms with E-state index < -0.39 is 3.68 Å². The van der Waals surface area contributed by atoms with Crippen LogP contribution in [-0.4, -0.2) is 15.4 Å². The highest BCUT2D eigenvalue weighted by Gasteiger charge is 2.22. The number of hydrogen-bond acceptors (Lipinski definition) is 1. The van der Waals surface area contributed by atoms with Crippen LogP contribution < -0.4 is 0 Å². The van der Waals surface area contributed by atoms with Gasteiger partial charge in [-0.2, -0.15) is 0 Å². The van der Waals surface area contributed by atoms with Gasteiger partial charge in [0.05, 0.1) is 6.61 Å². The normalized spacial score (nSPS) is 32.1. The Morgan fingerprint density at radius 2 is 2.50 bits per heavy atom. The molecule has 0 amide bonds. The Bertz CT molecular complexity index is 184. The Balaban J connectivity index is 2.63. The number of aliphatic hydroxyl groups is 1. The molecular formula is C7H8FIO. The molecule has 0 aromatic carbocycles. The molecule has 0 aromatic rings. The Kier molecular flexibility index (Phi) is 2.46. The number of halogens is 2. The molecule has 0 spiro atoms. The van der Waals surface area contributed by atoms with Crippen molar-refractivity contribution >= 4 is 22.6 Å². The van der Waals surface area contributed by atoms with Crippen molar-refractivity contribution in [3.05, 3.63) is 23.8 Å². The maximum atomic E-state index is 13.0. The molecule has 1 aliphatic rings. The van der Waals surface area contributed by atoms with E-state index >= 15 is 0 Å². The van der Waals surface area contributed by atoms with Crippen molar-refractivity contribution in [3.63, 3.8) is 0 Å². The zero-order valence-electron chi connectivity index (χ0n) is 5.35. The molecule has 0 heterocycles. The molecule has 10 heavy (non-hydrogen) atoms. The van der Waals surface area contributed by atoms with Crippen molar-refractivity contribution in [1.82, 2.24) is 0 Å². The third-order valence-corrected chi connectivity index (χ3v) is 2.16. The number of alkyl halides is 2. The zero-order valence-corrected chi connectivity index (χ0v) is 7.51. The molecular weight excluding hydrogens is 246 g/mol. The number of rotatable bonds is 1. The first kappa shape index (κ1) is 8.20. The molecule has 0 aromatic heterocycles. The van der Waals surface area contributed by atoms with E-state index in [1.54, 1.807) is 34.7 Å². The van der Waals surface area contributed by atoms with Gasteiger partial charge in [0.15, 0.2) is 3.68 Å². The summed E-state index contributed by atoms with van der Waals surface area (Å²) in [5.74, 6) is 0. The molecule has 1 atom stereocenters. The molecule has 0 radical (unpaired) electrons. The van der Waals surface area contributed by atoms with Crippen LogP contribution in [0.5, 0.6) is 0 Å². The Labute approximate surface area is 72.8 Å². The highest BCUT2D eigenvalue weighted by atomic mass is 127. The highest BCUT2D eigenvalue weighted by Crippen LogP contribution is 2.31. The SMILES string of the molecule is OCC1=CCC(F)(I)C=C1. The lowest BCUT2D eigenvalue weighted by atomic mass is 10.1. The number of allylic oxidation sites excluding steroid dienone is 2. The lowest BCUT2D eigenvalue weighted by molar-refractivity contribution is 0.329. The van der Waals surface area contributed by atoms with Gasteiger partial charge in [0, 0.05) is 6.42 Å². The van der Waals surface area contributed by atoms with Gasteiger partial charge in [0.2, 0.25) is 0 Å². The van der Waals surface area contributed by atoms with E-state index in [1.165, 1.54) is 6.08 Å². The van der Waals surface area contributed by atoms with Crippen molar-refractivity contribution < 1.29 is 9.50 Å². The minimum Gasteiger partial charge on any atom is -0.392 e. The van der Waals surface area contributed by atoms with Crippen molar-refractivity contribution in [2.45, 2.75) is 10.1 Å². The van der Waals surface area contributed by atoms with E-state index in [1.807, 2.05) is 0 Å². The largest absolute Gasteiger partial charge is 0.392 e. The van der Waals surface area contributed by atoms with Crippen molar-refractivity contribution in [2.24, 2.45) is 0 Å². The van der Waals surface area contributed by atoms with E-state index in [2.05, 4.69) is 0 Å². The van der Waals surface area contributed by atoms with Crippen LogP contribution >= 0.6 is 22.6 Å². The predicted octanol–water partition coefficient (Wildman–Crippen LogP) is 1.97. The van der Waals surface area contributed by atoms with Gasteiger partial charge in [-0.15, -0.1) is 0 Å². The third-order valence-electron chi connectivity index (χ3n) is 1.36. The molecule has 1 aliphatic carbocycles. The predicted molar refractivity (Wildman–Crippen MR) is 46.8 cm³/mol. The smallest absolute Gasteiger partial charge is 0.183 e. The van der Waals surface area contributed by atoms with Gasteiger partial charge in [0.25, 0.3) is 0 Å². The van der Waals surface area contributed by atoms with Crippen LogP contribution in [0.1, 0.15) is 6.42 Å². The monoisotopic (exact) mass is 254 g/mol. The fourth-order valence-electron chi connectivity index (χ4n) is 0.749. The Hall–Kier alpha value is 0.1000. The summed E-state index contributed by atoms with van der Waals surface area (Å²) in [7, 11) is 0. The van der Waals surface area contributed by atoms with Crippen LogP contribution in [0.25, 0.3) is 0 Å². The van der Waals surface area contributed by atoms with E-state index in [-0.39, 0.29) is 6.61 Å². The Morgan fingerprint density at radius 3 is 2.90 bits per heavy atom. The van der Waals surface area contributed by atoms with Gasteiger partial charge in [0.1, 0.15) is 0 Å². The van der Waals surface area contributed by atoms with Gasteiger partial charge < -0.3 is 5.11 Å². The van der Waals surface area contributed by atoms with Crippen LogP contribution in [0, 0.1) is 0 Å². The average molecular weight is 254 g/mol. The molecule has 1 rings (SSSR count). The molecule has 3 heteroatoms. The summed E-state index contributed by atoms with van der Waals surface area (Å²) in [4.78, 5) is 0. The van der Waals surface area contributed by atoms with Gasteiger partial charge >= 0.3 is 0 Å². The van der Waals surface area contributed by atoms with Gasteiger partial charge in [-0.25, -0.2) is 4.39 Å². The second kappa shape index (κ2) is 3.00. The molecule has 0 aliphatic heterocycles. The first-order chi connectivity index (χ1) is 4.64. The van der Waals surface area contributed by atoms with Crippen LogP contribution in [0.15, 0.2) is 23.8 Å². The summed E-state index contributed by atoms with van der Waals surface area (Å²) >= 11 is 1.74. The van der Waals surface area contributed by atoms with Crippen molar-refractivity contribution in [1.29, 1.82) is 0 Å². The van der Waals surface area contributed by atoms with E-state index in [4.69, 9.17) is 5.11 Å². The molecule has 0 bridgehead atoms. The fraction of sp³-hybridized carbons (Fsp3) is 0.429. The zero-order chi connectivity index (χ0) is 7.61. The first-order valence-electron chi connectivity index (χ1n) is 3.01. The van der Waals surface area contributed by atoms with Crippen LogP contribution in [-0.2, 0) is 0 Å². The van der Waals surface area contributed by atoms with Gasteiger partial charge in [-0.1, -0.05) is 12.2 Å². The van der Waals surface area contributed by atoms with E-state index in [0.717, 1.165) is 5.57 Å². The van der Waals surface area contributed by atoms with Crippen molar-refractivity contribution in [2.75, 3.05) is 6.61 Å².